The molecule has 1 rings (SSSR count). The Labute approximate surface area is 126 Å². The molecule has 0 saturated heterocycles. The third-order valence-electron chi connectivity index (χ3n) is 3.18. The summed E-state index contributed by atoms with van der Waals surface area (Å²) in [6, 6.07) is 8.89. The van der Waals surface area contributed by atoms with Crippen LogP contribution in [-0.2, 0) is 0 Å². The number of nitrogens with zero attached hydrogens (tertiary/aromatic N) is 1. The number of rotatable bonds is 9. The molecule has 0 aromatic heterocycles. The molecule has 0 heterocycles. The van der Waals surface area contributed by atoms with Gasteiger partial charge in [-0.15, -0.1) is 0 Å². The Kier molecular flexibility index (Phi) is 7.17. The van der Waals surface area contributed by atoms with Crippen LogP contribution in [0.3, 0.4) is 0 Å². The maximum absolute atomic E-state index is 9.86. The predicted molar refractivity (Wildman–Crippen MR) is 81.0 cm³/mol. The van der Waals surface area contributed by atoms with E-state index in [0.29, 0.717) is 30.8 Å². The summed E-state index contributed by atoms with van der Waals surface area (Å²) in [5.74, 6) is 0.578. The SMILES string of the molecule is CC(C)(CCO)CNCC(O)COc1cccc(C#N)c1. The summed E-state index contributed by atoms with van der Waals surface area (Å²) in [6.45, 7) is 5.60. The van der Waals surface area contributed by atoms with Gasteiger partial charge < -0.3 is 20.3 Å². The van der Waals surface area contributed by atoms with E-state index in [2.05, 4.69) is 19.2 Å². The normalized spacial score (nSPS) is 12.7. The summed E-state index contributed by atoms with van der Waals surface area (Å²) < 4.78 is 5.46. The Balaban J connectivity index is 2.28. The Morgan fingerprint density at radius 1 is 1.43 bits per heavy atom. The number of nitrogens with one attached hydrogen (secondary N) is 1. The molecule has 0 amide bonds. The fraction of sp³-hybridized carbons (Fsp3) is 0.562. The number of nitriles is 1. The second kappa shape index (κ2) is 8.63. The first-order valence-electron chi connectivity index (χ1n) is 7.09. The number of aliphatic hydroxyl groups is 2. The van der Waals surface area contributed by atoms with E-state index in [0.717, 1.165) is 0 Å². The standard InChI is InChI=1S/C16H24N2O3/c1-16(2,6-7-19)12-18-10-14(20)11-21-15-5-3-4-13(8-15)9-17/h3-5,8,14,18-20H,6-7,10-12H2,1-2H3. The molecule has 0 aliphatic carbocycles. The molecule has 5 nitrogen and oxygen atoms in total. The van der Waals surface area contributed by atoms with Crippen molar-refractivity contribution in [2.24, 2.45) is 5.41 Å². The summed E-state index contributed by atoms with van der Waals surface area (Å²) in [5, 5.41) is 30.8. The Morgan fingerprint density at radius 3 is 2.86 bits per heavy atom. The molecule has 1 aromatic carbocycles. The number of ether oxygens (including phenoxy) is 1. The van der Waals surface area contributed by atoms with Crippen molar-refractivity contribution in [1.82, 2.24) is 5.32 Å². The van der Waals surface area contributed by atoms with Crippen molar-refractivity contribution in [3.8, 4) is 11.8 Å². The zero-order valence-electron chi connectivity index (χ0n) is 12.7. The smallest absolute Gasteiger partial charge is 0.120 e. The number of hydrogen-bond donors (Lipinski definition) is 3. The summed E-state index contributed by atoms with van der Waals surface area (Å²) in [4.78, 5) is 0. The minimum Gasteiger partial charge on any atom is -0.491 e. The number of hydrogen-bond acceptors (Lipinski definition) is 5. The van der Waals surface area contributed by atoms with Gasteiger partial charge in [0.25, 0.3) is 0 Å². The first kappa shape index (κ1) is 17.4. The van der Waals surface area contributed by atoms with E-state index in [1.165, 1.54) is 0 Å². The highest BCUT2D eigenvalue weighted by atomic mass is 16.5. The van der Waals surface area contributed by atoms with Crippen LogP contribution in [0.5, 0.6) is 5.75 Å². The van der Waals surface area contributed by atoms with Crippen molar-refractivity contribution in [2.45, 2.75) is 26.4 Å². The van der Waals surface area contributed by atoms with Crippen molar-refractivity contribution in [3.05, 3.63) is 29.8 Å². The summed E-state index contributed by atoms with van der Waals surface area (Å²) >= 11 is 0. The third-order valence-corrected chi connectivity index (χ3v) is 3.18. The van der Waals surface area contributed by atoms with E-state index in [1.807, 2.05) is 6.07 Å². The largest absolute Gasteiger partial charge is 0.491 e. The van der Waals surface area contributed by atoms with Crippen LogP contribution in [0.25, 0.3) is 0 Å². The molecule has 116 valence electrons. The minimum absolute atomic E-state index is 0.00352. The summed E-state index contributed by atoms with van der Waals surface area (Å²) in [7, 11) is 0. The molecule has 3 N–H and O–H groups in total. The highest BCUT2D eigenvalue weighted by molar-refractivity contribution is 5.36. The molecule has 1 unspecified atom stereocenters. The van der Waals surface area contributed by atoms with E-state index in [1.54, 1.807) is 24.3 Å². The van der Waals surface area contributed by atoms with Gasteiger partial charge in [0.05, 0.1) is 11.6 Å². The van der Waals surface area contributed by atoms with Gasteiger partial charge >= 0.3 is 0 Å². The molecule has 0 saturated carbocycles. The van der Waals surface area contributed by atoms with Gasteiger partial charge in [0.15, 0.2) is 0 Å². The second-order valence-corrected chi connectivity index (χ2v) is 5.87. The zero-order valence-corrected chi connectivity index (χ0v) is 12.7. The van der Waals surface area contributed by atoms with E-state index in [4.69, 9.17) is 15.1 Å². The molecule has 5 heteroatoms. The van der Waals surface area contributed by atoms with Gasteiger partial charge in [0.2, 0.25) is 0 Å². The maximum Gasteiger partial charge on any atom is 0.120 e. The second-order valence-electron chi connectivity index (χ2n) is 5.87. The third kappa shape index (κ3) is 7.09. The molecule has 0 fully saturated rings. The van der Waals surface area contributed by atoms with Crippen LogP contribution >= 0.6 is 0 Å². The average molecular weight is 292 g/mol. The fourth-order valence-corrected chi connectivity index (χ4v) is 1.87. The molecule has 0 bridgehead atoms. The van der Waals surface area contributed by atoms with E-state index < -0.39 is 6.10 Å². The molecule has 1 atom stereocenters. The summed E-state index contributed by atoms with van der Waals surface area (Å²) in [5.41, 5.74) is 0.530. The van der Waals surface area contributed by atoms with Gasteiger partial charge in [-0.1, -0.05) is 19.9 Å². The van der Waals surface area contributed by atoms with Crippen LogP contribution in [0.1, 0.15) is 25.8 Å². The highest BCUT2D eigenvalue weighted by Gasteiger charge is 2.17. The first-order chi connectivity index (χ1) is 9.96. The monoisotopic (exact) mass is 292 g/mol. The van der Waals surface area contributed by atoms with Crippen LogP contribution in [-0.4, -0.2) is 42.6 Å². The number of aliphatic hydroxyl groups excluding tert-OH is 2. The molecule has 0 aliphatic rings. The zero-order chi connectivity index (χ0) is 15.7. The summed E-state index contributed by atoms with van der Waals surface area (Å²) in [6.07, 6.45) is 0.0914. The van der Waals surface area contributed by atoms with Crippen LogP contribution in [0, 0.1) is 16.7 Å². The van der Waals surface area contributed by atoms with Gasteiger partial charge in [-0.3, -0.25) is 0 Å². The quantitative estimate of drug-likeness (QED) is 0.638. The molecule has 1 aromatic rings. The van der Waals surface area contributed by atoms with Crippen LogP contribution in [0.15, 0.2) is 24.3 Å². The lowest BCUT2D eigenvalue weighted by Gasteiger charge is -2.24. The van der Waals surface area contributed by atoms with Crippen molar-refractivity contribution in [1.29, 1.82) is 5.26 Å². The predicted octanol–water partition coefficient (Wildman–Crippen LogP) is 1.30. The Morgan fingerprint density at radius 2 is 2.19 bits per heavy atom. The lowest BCUT2D eigenvalue weighted by Crippen LogP contribution is -2.37. The van der Waals surface area contributed by atoms with Crippen molar-refractivity contribution >= 4 is 0 Å². The minimum atomic E-state index is -0.624. The van der Waals surface area contributed by atoms with Crippen molar-refractivity contribution in [3.63, 3.8) is 0 Å². The van der Waals surface area contributed by atoms with Crippen LogP contribution in [0.4, 0.5) is 0 Å². The Bertz CT molecular complexity index is 469. The first-order valence-corrected chi connectivity index (χ1v) is 7.09. The average Bonchev–Trinajstić information content (AvgIpc) is 2.45. The lowest BCUT2D eigenvalue weighted by atomic mass is 9.90. The van der Waals surface area contributed by atoms with Crippen LogP contribution < -0.4 is 10.1 Å². The van der Waals surface area contributed by atoms with Gasteiger partial charge in [-0.25, -0.2) is 0 Å². The van der Waals surface area contributed by atoms with E-state index >= 15 is 0 Å². The molecule has 0 spiro atoms. The molecule has 0 aliphatic heterocycles. The Hall–Kier alpha value is -1.61. The van der Waals surface area contributed by atoms with Crippen molar-refractivity contribution < 1.29 is 14.9 Å². The van der Waals surface area contributed by atoms with Crippen LogP contribution in [0.2, 0.25) is 0 Å². The van der Waals surface area contributed by atoms with Gasteiger partial charge in [-0.05, 0) is 30.0 Å². The van der Waals surface area contributed by atoms with Gasteiger partial charge in [0, 0.05) is 19.7 Å². The molecule has 0 radical (unpaired) electrons. The van der Waals surface area contributed by atoms with Gasteiger partial charge in [0.1, 0.15) is 18.5 Å². The van der Waals surface area contributed by atoms with E-state index in [-0.39, 0.29) is 18.6 Å². The lowest BCUT2D eigenvalue weighted by molar-refractivity contribution is 0.102. The molecule has 21 heavy (non-hydrogen) atoms. The number of benzene rings is 1. The molecular weight excluding hydrogens is 268 g/mol. The highest BCUT2D eigenvalue weighted by Crippen LogP contribution is 2.17. The maximum atomic E-state index is 9.86. The van der Waals surface area contributed by atoms with Crippen molar-refractivity contribution in [2.75, 3.05) is 26.3 Å². The fourth-order valence-electron chi connectivity index (χ4n) is 1.87. The van der Waals surface area contributed by atoms with E-state index in [9.17, 15) is 5.11 Å². The topological polar surface area (TPSA) is 85.5 Å². The molecular formula is C16H24N2O3. The van der Waals surface area contributed by atoms with Gasteiger partial charge in [-0.2, -0.15) is 5.26 Å².